The predicted octanol–water partition coefficient (Wildman–Crippen LogP) is 3.30. The fraction of sp³-hybridized carbons (Fsp3) is 0.417. The van der Waals surface area contributed by atoms with Crippen molar-refractivity contribution in [1.82, 2.24) is 9.62 Å². The van der Waals surface area contributed by atoms with E-state index in [1.165, 1.54) is 0 Å². The standard InChI is InChI=1S/C24H31N3O4S/c1-17-7-9-22(10-8-17)32(30,31)27-13-5-4-6-21(27)11-12-25-23(28)24(29)26-20-15-18(2)14-19(3)16-20/h7-10,14-16,21H,4-6,11-13H2,1-3H3,(H,25,28)(H,26,29)/t21-/m1/s1. The number of nitrogens with zero attached hydrogens (tertiary/aromatic N) is 1. The van der Waals surface area contributed by atoms with Crippen LogP contribution in [0.4, 0.5) is 5.69 Å². The molecule has 8 heteroatoms. The van der Waals surface area contributed by atoms with Gasteiger partial charge < -0.3 is 10.6 Å². The van der Waals surface area contributed by atoms with Gasteiger partial charge in [0, 0.05) is 24.8 Å². The van der Waals surface area contributed by atoms with E-state index in [-0.39, 0.29) is 17.5 Å². The zero-order valence-electron chi connectivity index (χ0n) is 18.8. The van der Waals surface area contributed by atoms with Gasteiger partial charge in [-0.15, -0.1) is 0 Å². The summed E-state index contributed by atoms with van der Waals surface area (Å²) < 4.78 is 27.8. The summed E-state index contributed by atoms with van der Waals surface area (Å²) in [5, 5.41) is 5.24. The summed E-state index contributed by atoms with van der Waals surface area (Å²) in [4.78, 5) is 24.7. The Labute approximate surface area is 190 Å². The number of carbonyl (C=O) groups excluding carboxylic acids is 2. The van der Waals surface area contributed by atoms with Gasteiger partial charge in [0.1, 0.15) is 0 Å². The molecule has 32 heavy (non-hydrogen) atoms. The van der Waals surface area contributed by atoms with Crippen LogP contribution in [0.25, 0.3) is 0 Å². The third-order valence-corrected chi connectivity index (χ3v) is 7.62. The van der Waals surface area contributed by atoms with Crippen LogP contribution in [0.1, 0.15) is 42.4 Å². The van der Waals surface area contributed by atoms with Gasteiger partial charge in [-0.3, -0.25) is 9.59 Å². The lowest BCUT2D eigenvalue weighted by atomic mass is 10.0. The molecule has 1 fully saturated rings. The molecule has 0 spiro atoms. The highest BCUT2D eigenvalue weighted by molar-refractivity contribution is 7.89. The van der Waals surface area contributed by atoms with Crippen molar-refractivity contribution in [1.29, 1.82) is 0 Å². The van der Waals surface area contributed by atoms with Gasteiger partial charge in [0.15, 0.2) is 0 Å². The van der Waals surface area contributed by atoms with E-state index < -0.39 is 21.8 Å². The Bertz CT molecular complexity index is 1060. The lowest BCUT2D eigenvalue weighted by molar-refractivity contribution is -0.136. The number of hydrogen-bond acceptors (Lipinski definition) is 4. The molecule has 0 unspecified atom stereocenters. The molecule has 2 N–H and O–H groups in total. The lowest BCUT2D eigenvalue weighted by Crippen LogP contribution is -2.45. The van der Waals surface area contributed by atoms with Gasteiger partial charge in [-0.05, 0) is 75.4 Å². The average Bonchev–Trinajstić information content (AvgIpc) is 2.73. The van der Waals surface area contributed by atoms with Crippen LogP contribution in [-0.4, -0.2) is 43.7 Å². The quantitative estimate of drug-likeness (QED) is 0.651. The van der Waals surface area contributed by atoms with E-state index >= 15 is 0 Å². The molecule has 0 saturated carbocycles. The van der Waals surface area contributed by atoms with Crippen LogP contribution in [0.3, 0.4) is 0 Å². The first-order valence-corrected chi connectivity index (χ1v) is 12.4. The highest BCUT2D eigenvalue weighted by Crippen LogP contribution is 2.27. The molecule has 1 heterocycles. The summed E-state index contributed by atoms with van der Waals surface area (Å²) in [5.74, 6) is -1.46. The first-order valence-electron chi connectivity index (χ1n) is 10.9. The van der Waals surface area contributed by atoms with Crippen LogP contribution >= 0.6 is 0 Å². The molecule has 1 aliphatic heterocycles. The van der Waals surface area contributed by atoms with E-state index in [1.54, 1.807) is 40.7 Å². The Kier molecular flexibility index (Phi) is 7.69. The van der Waals surface area contributed by atoms with Crippen molar-refractivity contribution in [3.63, 3.8) is 0 Å². The molecule has 3 rings (SSSR count). The van der Waals surface area contributed by atoms with Crippen LogP contribution in [0.15, 0.2) is 47.4 Å². The van der Waals surface area contributed by atoms with Crippen LogP contribution in [0.2, 0.25) is 0 Å². The number of carbonyl (C=O) groups is 2. The minimum absolute atomic E-state index is 0.210. The van der Waals surface area contributed by atoms with E-state index in [1.807, 2.05) is 26.8 Å². The van der Waals surface area contributed by atoms with E-state index in [9.17, 15) is 18.0 Å². The third kappa shape index (κ3) is 5.95. The van der Waals surface area contributed by atoms with Crippen molar-refractivity contribution >= 4 is 27.5 Å². The maximum atomic E-state index is 13.1. The SMILES string of the molecule is Cc1ccc(S(=O)(=O)N2CCCC[C@@H]2CCNC(=O)C(=O)Nc2cc(C)cc(C)c2)cc1. The Morgan fingerprint density at radius 2 is 1.59 bits per heavy atom. The van der Waals surface area contributed by atoms with Gasteiger partial charge in [0.05, 0.1) is 4.90 Å². The van der Waals surface area contributed by atoms with Crippen LogP contribution in [0, 0.1) is 20.8 Å². The second kappa shape index (κ2) is 10.3. The number of hydrogen-bond donors (Lipinski definition) is 2. The molecule has 0 bridgehead atoms. The van der Waals surface area contributed by atoms with E-state index in [2.05, 4.69) is 10.6 Å². The summed E-state index contributed by atoms with van der Waals surface area (Å²) in [6, 6.07) is 12.2. The fourth-order valence-electron chi connectivity index (χ4n) is 4.09. The highest BCUT2D eigenvalue weighted by Gasteiger charge is 2.33. The molecule has 0 aliphatic carbocycles. The minimum atomic E-state index is -3.60. The van der Waals surface area contributed by atoms with Crippen molar-refractivity contribution in [2.45, 2.75) is 57.4 Å². The Balaban J connectivity index is 1.58. The molecule has 1 atom stereocenters. The zero-order chi connectivity index (χ0) is 23.3. The van der Waals surface area contributed by atoms with E-state index in [0.29, 0.717) is 18.7 Å². The first kappa shape index (κ1) is 23.9. The predicted molar refractivity (Wildman–Crippen MR) is 125 cm³/mol. The number of nitrogens with one attached hydrogen (secondary N) is 2. The molecule has 2 aromatic carbocycles. The van der Waals surface area contributed by atoms with E-state index in [0.717, 1.165) is 36.0 Å². The maximum absolute atomic E-state index is 13.1. The number of anilines is 1. The van der Waals surface area contributed by atoms with Gasteiger partial charge in [0.2, 0.25) is 10.0 Å². The minimum Gasteiger partial charge on any atom is -0.348 e. The number of sulfonamides is 1. The van der Waals surface area contributed by atoms with Crippen molar-refractivity contribution in [2.24, 2.45) is 0 Å². The number of benzene rings is 2. The summed E-state index contributed by atoms with van der Waals surface area (Å²) in [6.07, 6.45) is 2.93. The molecule has 1 aliphatic rings. The molecular weight excluding hydrogens is 426 g/mol. The highest BCUT2D eigenvalue weighted by atomic mass is 32.2. The number of amides is 2. The lowest BCUT2D eigenvalue weighted by Gasteiger charge is -2.34. The average molecular weight is 458 g/mol. The monoisotopic (exact) mass is 457 g/mol. The summed E-state index contributed by atoms with van der Waals surface area (Å²) >= 11 is 0. The molecule has 7 nitrogen and oxygen atoms in total. The van der Waals surface area contributed by atoms with E-state index in [4.69, 9.17) is 0 Å². The molecular formula is C24H31N3O4S. The van der Waals surface area contributed by atoms with Crippen LogP contribution in [0.5, 0.6) is 0 Å². The summed E-state index contributed by atoms with van der Waals surface area (Å²) in [7, 11) is -3.60. The van der Waals surface area contributed by atoms with Crippen molar-refractivity contribution in [3.05, 3.63) is 59.2 Å². The molecule has 1 saturated heterocycles. The Morgan fingerprint density at radius 1 is 0.938 bits per heavy atom. The zero-order valence-corrected chi connectivity index (χ0v) is 19.7. The number of aryl methyl sites for hydroxylation is 3. The van der Waals surface area contributed by atoms with Gasteiger partial charge in [0.25, 0.3) is 0 Å². The number of piperidine rings is 1. The first-order chi connectivity index (χ1) is 15.2. The normalized spacial score (nSPS) is 17.0. The smallest absolute Gasteiger partial charge is 0.313 e. The maximum Gasteiger partial charge on any atom is 0.313 e. The molecule has 0 radical (unpaired) electrons. The second-order valence-electron chi connectivity index (χ2n) is 8.45. The van der Waals surface area contributed by atoms with Gasteiger partial charge >= 0.3 is 11.8 Å². The Morgan fingerprint density at radius 3 is 2.25 bits per heavy atom. The second-order valence-corrected chi connectivity index (χ2v) is 10.3. The van der Waals surface area contributed by atoms with Crippen molar-refractivity contribution in [3.8, 4) is 0 Å². The molecule has 2 amide bonds. The summed E-state index contributed by atoms with van der Waals surface area (Å²) in [6.45, 7) is 6.44. The Hall–Kier alpha value is -2.71. The van der Waals surface area contributed by atoms with Crippen molar-refractivity contribution < 1.29 is 18.0 Å². The molecule has 0 aromatic heterocycles. The van der Waals surface area contributed by atoms with Crippen LogP contribution < -0.4 is 10.6 Å². The van der Waals surface area contributed by atoms with Crippen molar-refractivity contribution in [2.75, 3.05) is 18.4 Å². The fourth-order valence-corrected chi connectivity index (χ4v) is 5.82. The van der Waals surface area contributed by atoms with Crippen LogP contribution in [-0.2, 0) is 19.6 Å². The third-order valence-electron chi connectivity index (χ3n) is 5.65. The largest absolute Gasteiger partial charge is 0.348 e. The summed E-state index contributed by atoms with van der Waals surface area (Å²) in [5.41, 5.74) is 3.56. The van der Waals surface area contributed by atoms with Gasteiger partial charge in [-0.2, -0.15) is 4.31 Å². The topological polar surface area (TPSA) is 95.6 Å². The van der Waals surface area contributed by atoms with Gasteiger partial charge in [-0.25, -0.2) is 8.42 Å². The molecule has 172 valence electrons. The molecule has 2 aromatic rings. The van der Waals surface area contributed by atoms with Gasteiger partial charge in [-0.1, -0.05) is 30.2 Å². The number of rotatable bonds is 6.